The van der Waals surface area contributed by atoms with Crippen LogP contribution in [0.4, 0.5) is 0 Å². The number of rotatable bonds is 4. The first-order valence-electron chi connectivity index (χ1n) is 6.53. The van der Waals surface area contributed by atoms with Gasteiger partial charge in [-0.15, -0.1) is 0 Å². The summed E-state index contributed by atoms with van der Waals surface area (Å²) < 4.78 is 7.68. The highest BCUT2D eigenvalue weighted by Crippen LogP contribution is 2.27. The van der Waals surface area contributed by atoms with Gasteiger partial charge in [-0.05, 0) is 44.0 Å². The van der Waals surface area contributed by atoms with Crippen LogP contribution in [0.15, 0.2) is 12.1 Å². The molecule has 6 heteroatoms. The molecule has 0 fully saturated rings. The van der Waals surface area contributed by atoms with Crippen molar-refractivity contribution in [1.29, 1.82) is 0 Å². The molecule has 2 N–H and O–H groups in total. The van der Waals surface area contributed by atoms with Crippen LogP contribution in [0.3, 0.4) is 0 Å². The van der Waals surface area contributed by atoms with Crippen LogP contribution in [0.1, 0.15) is 28.1 Å². The van der Waals surface area contributed by atoms with Crippen molar-refractivity contribution in [2.45, 2.75) is 27.4 Å². The van der Waals surface area contributed by atoms with Gasteiger partial charge >= 0.3 is 0 Å². The fraction of sp³-hybridized carbons (Fsp3) is 0.333. The lowest BCUT2D eigenvalue weighted by molar-refractivity contribution is 0.291. The molecule has 0 spiro atoms. The Morgan fingerprint density at radius 3 is 2.33 bits per heavy atom. The van der Waals surface area contributed by atoms with Crippen molar-refractivity contribution in [2.75, 3.05) is 0 Å². The van der Waals surface area contributed by atoms with Gasteiger partial charge < -0.3 is 10.5 Å². The van der Waals surface area contributed by atoms with Crippen molar-refractivity contribution in [3.8, 4) is 5.75 Å². The molecule has 0 aliphatic rings. The number of thiocarbonyl (C=S) groups is 1. The molecule has 0 amide bonds. The highest BCUT2D eigenvalue weighted by Gasteiger charge is 2.14. The molecule has 2 rings (SSSR count). The number of ether oxygens (including phenoxy) is 1. The lowest BCUT2D eigenvalue weighted by Crippen LogP contribution is -2.11. The predicted octanol–water partition coefficient (Wildman–Crippen LogP) is 3.21. The summed E-state index contributed by atoms with van der Waals surface area (Å²) >= 11 is 11.2. The summed E-state index contributed by atoms with van der Waals surface area (Å²) in [6.45, 7) is 6.18. The van der Waals surface area contributed by atoms with Gasteiger partial charge in [0.1, 0.15) is 17.3 Å². The minimum atomic E-state index is 0.365. The summed E-state index contributed by atoms with van der Waals surface area (Å²) in [4.78, 5) is 0.387. The van der Waals surface area contributed by atoms with E-state index in [1.165, 1.54) is 0 Å². The standard InChI is InChI=1S/C15H18ClN3OS/c1-8-5-11(15(17)21)6-9(2)14(8)20-7-12-13(16)10(3)18-19(12)4/h5-6H,7H2,1-4H3,(H2,17,21). The Morgan fingerprint density at radius 2 is 1.90 bits per heavy atom. The Bertz CT molecular complexity index is 686. The number of nitrogens with zero attached hydrogens (tertiary/aromatic N) is 2. The third-order valence-corrected chi connectivity index (χ3v) is 4.09. The number of aromatic nitrogens is 2. The Labute approximate surface area is 134 Å². The van der Waals surface area contributed by atoms with Gasteiger partial charge in [0.25, 0.3) is 0 Å². The smallest absolute Gasteiger partial charge is 0.131 e. The van der Waals surface area contributed by atoms with Crippen molar-refractivity contribution in [3.05, 3.63) is 45.2 Å². The molecule has 4 nitrogen and oxygen atoms in total. The molecule has 0 radical (unpaired) electrons. The fourth-order valence-electron chi connectivity index (χ4n) is 2.30. The maximum absolute atomic E-state index is 6.23. The van der Waals surface area contributed by atoms with Crippen LogP contribution in [0.5, 0.6) is 5.75 Å². The lowest BCUT2D eigenvalue weighted by atomic mass is 10.1. The minimum Gasteiger partial charge on any atom is -0.487 e. The van der Waals surface area contributed by atoms with Crippen LogP contribution in [0.2, 0.25) is 5.02 Å². The van der Waals surface area contributed by atoms with Crippen molar-refractivity contribution >= 4 is 28.8 Å². The maximum Gasteiger partial charge on any atom is 0.131 e. The van der Waals surface area contributed by atoms with Crippen LogP contribution < -0.4 is 10.5 Å². The molecule has 0 atom stereocenters. The van der Waals surface area contributed by atoms with Crippen LogP contribution >= 0.6 is 23.8 Å². The molecule has 21 heavy (non-hydrogen) atoms. The minimum absolute atomic E-state index is 0.365. The number of halogens is 1. The van der Waals surface area contributed by atoms with E-state index in [0.717, 1.165) is 33.8 Å². The average molecular weight is 324 g/mol. The molecule has 1 aromatic heterocycles. The first kappa shape index (κ1) is 15.8. The number of hydrogen-bond acceptors (Lipinski definition) is 3. The van der Waals surface area contributed by atoms with Crippen LogP contribution in [-0.4, -0.2) is 14.8 Å². The Balaban J connectivity index is 2.26. The van der Waals surface area contributed by atoms with E-state index < -0.39 is 0 Å². The predicted molar refractivity (Wildman–Crippen MR) is 89.1 cm³/mol. The quantitative estimate of drug-likeness (QED) is 0.878. The topological polar surface area (TPSA) is 53.1 Å². The summed E-state index contributed by atoms with van der Waals surface area (Å²) in [5.41, 5.74) is 10.2. The lowest BCUT2D eigenvalue weighted by Gasteiger charge is -2.14. The molecular weight excluding hydrogens is 306 g/mol. The van der Waals surface area contributed by atoms with E-state index in [0.29, 0.717) is 16.6 Å². The molecule has 0 saturated carbocycles. The summed E-state index contributed by atoms with van der Waals surface area (Å²) in [6.07, 6.45) is 0. The summed E-state index contributed by atoms with van der Waals surface area (Å²) in [7, 11) is 1.85. The molecule has 0 unspecified atom stereocenters. The van der Waals surface area contributed by atoms with E-state index in [1.54, 1.807) is 4.68 Å². The number of aryl methyl sites for hydroxylation is 4. The van der Waals surface area contributed by atoms with Crippen LogP contribution in [-0.2, 0) is 13.7 Å². The van der Waals surface area contributed by atoms with E-state index in [4.69, 9.17) is 34.3 Å². The highest BCUT2D eigenvalue weighted by molar-refractivity contribution is 7.80. The first-order chi connectivity index (χ1) is 9.81. The zero-order valence-corrected chi connectivity index (χ0v) is 14.1. The first-order valence-corrected chi connectivity index (χ1v) is 7.31. The van der Waals surface area contributed by atoms with E-state index in [-0.39, 0.29) is 0 Å². The zero-order chi connectivity index (χ0) is 15.7. The van der Waals surface area contributed by atoms with Crippen LogP contribution in [0.25, 0.3) is 0 Å². The molecule has 1 heterocycles. The van der Waals surface area contributed by atoms with Gasteiger partial charge in [-0.25, -0.2) is 0 Å². The number of nitrogens with two attached hydrogens (primary N) is 1. The van der Waals surface area contributed by atoms with E-state index in [1.807, 2.05) is 40.0 Å². The zero-order valence-electron chi connectivity index (χ0n) is 12.5. The SMILES string of the molecule is Cc1cc(C(N)=S)cc(C)c1OCc1c(Cl)c(C)nn1C. The second kappa shape index (κ2) is 6.03. The van der Waals surface area contributed by atoms with Crippen molar-refractivity contribution in [2.24, 2.45) is 12.8 Å². The second-order valence-corrected chi connectivity index (χ2v) is 5.88. The van der Waals surface area contributed by atoms with Crippen molar-refractivity contribution in [3.63, 3.8) is 0 Å². The monoisotopic (exact) mass is 323 g/mol. The molecule has 1 aromatic carbocycles. The summed E-state index contributed by atoms with van der Waals surface area (Å²) in [6, 6.07) is 3.86. The van der Waals surface area contributed by atoms with Gasteiger partial charge in [0.2, 0.25) is 0 Å². The molecule has 112 valence electrons. The van der Waals surface area contributed by atoms with Gasteiger partial charge in [-0.1, -0.05) is 23.8 Å². The normalized spacial score (nSPS) is 10.7. The highest BCUT2D eigenvalue weighted by atomic mass is 35.5. The Kier molecular flexibility index (Phi) is 4.54. The third kappa shape index (κ3) is 3.19. The molecular formula is C15H18ClN3OS. The van der Waals surface area contributed by atoms with E-state index >= 15 is 0 Å². The van der Waals surface area contributed by atoms with Gasteiger partial charge in [-0.2, -0.15) is 5.10 Å². The number of benzene rings is 1. The Hall–Kier alpha value is -1.59. The summed E-state index contributed by atoms with van der Waals surface area (Å²) in [5, 5.41) is 4.92. The van der Waals surface area contributed by atoms with Crippen molar-refractivity contribution < 1.29 is 4.74 Å². The second-order valence-electron chi connectivity index (χ2n) is 5.06. The van der Waals surface area contributed by atoms with Gasteiger partial charge in [0.15, 0.2) is 0 Å². The van der Waals surface area contributed by atoms with E-state index in [2.05, 4.69) is 5.10 Å². The van der Waals surface area contributed by atoms with Crippen molar-refractivity contribution in [1.82, 2.24) is 9.78 Å². The van der Waals surface area contributed by atoms with Crippen LogP contribution in [0, 0.1) is 20.8 Å². The van der Waals surface area contributed by atoms with Gasteiger partial charge in [-0.3, -0.25) is 4.68 Å². The third-order valence-electron chi connectivity index (χ3n) is 3.36. The van der Waals surface area contributed by atoms with E-state index in [9.17, 15) is 0 Å². The largest absolute Gasteiger partial charge is 0.487 e. The molecule has 0 saturated heterocycles. The van der Waals surface area contributed by atoms with Gasteiger partial charge in [0.05, 0.1) is 16.4 Å². The van der Waals surface area contributed by atoms with Gasteiger partial charge in [0, 0.05) is 12.6 Å². The maximum atomic E-state index is 6.23. The molecule has 0 aliphatic heterocycles. The average Bonchev–Trinajstić information content (AvgIpc) is 2.63. The number of hydrogen-bond donors (Lipinski definition) is 1. The molecule has 0 aliphatic carbocycles. The fourth-order valence-corrected chi connectivity index (χ4v) is 2.63. The molecule has 2 aromatic rings. The Morgan fingerprint density at radius 1 is 1.33 bits per heavy atom. The molecule has 0 bridgehead atoms. The summed E-state index contributed by atoms with van der Waals surface area (Å²) in [5.74, 6) is 0.824.